The van der Waals surface area contributed by atoms with E-state index in [2.05, 4.69) is 77.2 Å². The van der Waals surface area contributed by atoms with E-state index >= 15 is 0 Å². The van der Waals surface area contributed by atoms with E-state index < -0.39 is 0 Å². The minimum atomic E-state index is 0.243. The summed E-state index contributed by atoms with van der Waals surface area (Å²) < 4.78 is 3.11. The van der Waals surface area contributed by atoms with Crippen LogP contribution in [0.3, 0.4) is 0 Å². The van der Waals surface area contributed by atoms with Gasteiger partial charge in [-0.15, -0.1) is 0 Å². The molecule has 2 rings (SSSR count). The number of rotatable bonds is 6. The van der Waals surface area contributed by atoms with Gasteiger partial charge in [0.25, 0.3) is 0 Å². The average Bonchev–Trinajstić information content (AvgIpc) is 2.85. The highest BCUT2D eigenvalue weighted by Crippen LogP contribution is 2.23. The summed E-state index contributed by atoms with van der Waals surface area (Å²) in [5.74, 6) is 1.02. The van der Waals surface area contributed by atoms with Crippen molar-refractivity contribution in [1.82, 2.24) is 20.1 Å². The fourth-order valence-electron chi connectivity index (χ4n) is 2.55. The van der Waals surface area contributed by atoms with Gasteiger partial charge in [0.05, 0.1) is 0 Å². The second-order valence-electron chi connectivity index (χ2n) is 5.59. The summed E-state index contributed by atoms with van der Waals surface area (Å²) >= 11 is 3.59. The molecule has 1 unspecified atom stereocenters. The predicted octanol–water partition coefficient (Wildman–Crippen LogP) is 3.82. The van der Waals surface area contributed by atoms with E-state index in [-0.39, 0.29) is 6.04 Å². The van der Waals surface area contributed by atoms with E-state index in [1.807, 2.05) is 4.68 Å². The number of nitrogens with one attached hydrogen (secondary N) is 1. The van der Waals surface area contributed by atoms with E-state index in [0.717, 1.165) is 23.3 Å². The summed E-state index contributed by atoms with van der Waals surface area (Å²) in [4.78, 5) is 4.43. The highest BCUT2D eigenvalue weighted by Gasteiger charge is 2.17. The molecule has 0 aliphatic carbocycles. The minimum absolute atomic E-state index is 0.243. The van der Waals surface area contributed by atoms with Gasteiger partial charge < -0.3 is 5.32 Å². The Labute approximate surface area is 135 Å². The molecule has 0 spiro atoms. The SMILES string of the molecule is CCNC(Cc1ncnn1C(C)C)c1cc(C)cc(Br)c1. The van der Waals surface area contributed by atoms with Crippen molar-refractivity contribution in [2.24, 2.45) is 0 Å². The summed E-state index contributed by atoms with van der Waals surface area (Å²) in [5.41, 5.74) is 2.54. The monoisotopic (exact) mass is 350 g/mol. The van der Waals surface area contributed by atoms with Gasteiger partial charge in [-0.25, -0.2) is 9.67 Å². The van der Waals surface area contributed by atoms with Crippen LogP contribution in [0.1, 0.15) is 49.8 Å². The van der Waals surface area contributed by atoms with Crippen LogP contribution in [-0.2, 0) is 6.42 Å². The highest BCUT2D eigenvalue weighted by molar-refractivity contribution is 9.10. The van der Waals surface area contributed by atoms with Crippen LogP contribution in [0.2, 0.25) is 0 Å². The molecular weight excluding hydrogens is 328 g/mol. The van der Waals surface area contributed by atoms with Crippen molar-refractivity contribution >= 4 is 15.9 Å². The van der Waals surface area contributed by atoms with Crippen LogP contribution < -0.4 is 5.32 Å². The first-order chi connectivity index (χ1) is 10.0. The van der Waals surface area contributed by atoms with Gasteiger partial charge in [0.1, 0.15) is 12.2 Å². The molecule has 0 fully saturated rings. The molecule has 21 heavy (non-hydrogen) atoms. The number of benzene rings is 1. The molecule has 0 amide bonds. The Kier molecular flexibility index (Phi) is 5.53. The molecule has 1 N–H and O–H groups in total. The minimum Gasteiger partial charge on any atom is -0.310 e. The van der Waals surface area contributed by atoms with Crippen molar-refractivity contribution in [1.29, 1.82) is 0 Å². The molecule has 1 aromatic heterocycles. The van der Waals surface area contributed by atoms with Crippen molar-refractivity contribution < 1.29 is 0 Å². The van der Waals surface area contributed by atoms with Crippen LogP contribution in [0.15, 0.2) is 29.0 Å². The number of nitrogens with zero attached hydrogens (tertiary/aromatic N) is 3. The molecule has 1 aromatic carbocycles. The van der Waals surface area contributed by atoms with Crippen molar-refractivity contribution in [2.45, 2.75) is 46.2 Å². The first kappa shape index (κ1) is 16.2. The zero-order chi connectivity index (χ0) is 15.4. The van der Waals surface area contributed by atoms with E-state index in [0.29, 0.717) is 6.04 Å². The number of likely N-dealkylation sites (N-methyl/N-ethyl adjacent to an activating group) is 1. The third-order valence-electron chi connectivity index (χ3n) is 3.44. The zero-order valence-corrected chi connectivity index (χ0v) is 14.7. The quantitative estimate of drug-likeness (QED) is 0.860. The van der Waals surface area contributed by atoms with Crippen LogP contribution in [-0.4, -0.2) is 21.3 Å². The maximum atomic E-state index is 4.43. The Morgan fingerprint density at radius 3 is 2.67 bits per heavy atom. The highest BCUT2D eigenvalue weighted by atomic mass is 79.9. The molecule has 114 valence electrons. The van der Waals surface area contributed by atoms with Gasteiger partial charge in [-0.05, 0) is 50.6 Å². The first-order valence-electron chi connectivity index (χ1n) is 7.40. The van der Waals surface area contributed by atoms with E-state index in [9.17, 15) is 0 Å². The van der Waals surface area contributed by atoms with Crippen LogP contribution in [0.25, 0.3) is 0 Å². The lowest BCUT2D eigenvalue weighted by molar-refractivity contribution is 0.468. The van der Waals surface area contributed by atoms with Crippen molar-refractivity contribution in [3.8, 4) is 0 Å². The number of hydrogen-bond acceptors (Lipinski definition) is 3. The fraction of sp³-hybridized carbons (Fsp3) is 0.500. The molecule has 1 atom stereocenters. The van der Waals surface area contributed by atoms with Crippen LogP contribution >= 0.6 is 15.9 Å². The van der Waals surface area contributed by atoms with Crippen LogP contribution in [0.4, 0.5) is 0 Å². The summed E-state index contributed by atoms with van der Waals surface area (Å²) in [6.45, 7) is 9.43. The van der Waals surface area contributed by atoms with Gasteiger partial charge in [0.15, 0.2) is 0 Å². The Morgan fingerprint density at radius 2 is 2.05 bits per heavy atom. The summed E-state index contributed by atoms with van der Waals surface area (Å²) in [5, 5.41) is 7.88. The van der Waals surface area contributed by atoms with Gasteiger partial charge in [-0.3, -0.25) is 0 Å². The summed E-state index contributed by atoms with van der Waals surface area (Å²) in [7, 11) is 0. The molecule has 2 aromatic rings. The Bertz CT molecular complexity index is 571. The molecular formula is C16H23BrN4. The molecule has 5 heteroatoms. The maximum Gasteiger partial charge on any atom is 0.138 e. The van der Waals surface area contributed by atoms with Gasteiger partial charge >= 0.3 is 0 Å². The van der Waals surface area contributed by atoms with Crippen molar-refractivity contribution in [3.63, 3.8) is 0 Å². The van der Waals surface area contributed by atoms with Gasteiger partial charge in [-0.1, -0.05) is 28.9 Å². The van der Waals surface area contributed by atoms with Gasteiger partial charge in [0.2, 0.25) is 0 Å². The maximum absolute atomic E-state index is 4.43. The van der Waals surface area contributed by atoms with Crippen LogP contribution in [0.5, 0.6) is 0 Å². The molecule has 0 aliphatic heterocycles. The molecule has 4 nitrogen and oxygen atoms in total. The van der Waals surface area contributed by atoms with Gasteiger partial charge in [-0.2, -0.15) is 5.10 Å². The lowest BCUT2D eigenvalue weighted by atomic mass is 10.0. The molecule has 0 bridgehead atoms. The molecule has 0 saturated heterocycles. The normalized spacial score (nSPS) is 12.9. The van der Waals surface area contributed by atoms with Crippen molar-refractivity contribution in [2.75, 3.05) is 6.54 Å². The number of aromatic nitrogens is 3. The molecule has 1 heterocycles. The number of halogens is 1. The second kappa shape index (κ2) is 7.18. The van der Waals surface area contributed by atoms with Crippen LogP contribution in [0, 0.1) is 6.92 Å². The Morgan fingerprint density at radius 1 is 1.29 bits per heavy atom. The fourth-order valence-corrected chi connectivity index (χ4v) is 3.18. The Hall–Kier alpha value is -1.20. The van der Waals surface area contributed by atoms with E-state index in [1.165, 1.54) is 11.1 Å². The number of aryl methyl sites for hydroxylation is 1. The molecule has 0 aliphatic rings. The van der Waals surface area contributed by atoms with E-state index in [1.54, 1.807) is 6.33 Å². The lowest BCUT2D eigenvalue weighted by Crippen LogP contribution is -2.25. The lowest BCUT2D eigenvalue weighted by Gasteiger charge is -2.20. The van der Waals surface area contributed by atoms with Crippen molar-refractivity contribution in [3.05, 3.63) is 46.0 Å². The third kappa shape index (κ3) is 4.14. The average molecular weight is 351 g/mol. The second-order valence-corrected chi connectivity index (χ2v) is 6.51. The summed E-state index contributed by atoms with van der Waals surface area (Å²) in [6, 6.07) is 7.11. The topological polar surface area (TPSA) is 42.7 Å². The smallest absolute Gasteiger partial charge is 0.138 e. The Balaban J connectivity index is 2.28. The molecule has 0 saturated carbocycles. The summed E-state index contributed by atoms with van der Waals surface area (Å²) in [6.07, 6.45) is 2.48. The zero-order valence-electron chi connectivity index (χ0n) is 13.1. The number of hydrogen-bond donors (Lipinski definition) is 1. The third-order valence-corrected chi connectivity index (χ3v) is 3.90. The predicted molar refractivity (Wildman–Crippen MR) is 89.4 cm³/mol. The molecule has 0 radical (unpaired) electrons. The largest absolute Gasteiger partial charge is 0.310 e. The van der Waals surface area contributed by atoms with Gasteiger partial charge in [0, 0.05) is 23.0 Å². The van der Waals surface area contributed by atoms with E-state index in [4.69, 9.17) is 0 Å². The first-order valence-corrected chi connectivity index (χ1v) is 8.19. The standard InChI is InChI=1S/C16H23BrN4/c1-5-18-15(13-6-12(4)7-14(17)8-13)9-16-19-10-20-21(16)11(2)3/h6-8,10-11,15,18H,5,9H2,1-4H3.